The summed E-state index contributed by atoms with van der Waals surface area (Å²) in [5, 5.41) is 8.88. The molecular formula is C8H2ClF5N2O3. The number of nitrogens with zero attached hydrogens (tertiary/aromatic N) is 2. The van der Waals surface area contributed by atoms with Crippen LogP contribution >= 0.6 is 11.6 Å². The summed E-state index contributed by atoms with van der Waals surface area (Å²) in [6.07, 6.45) is -8.86. The summed E-state index contributed by atoms with van der Waals surface area (Å²) in [7, 11) is 0. The van der Waals surface area contributed by atoms with Crippen LogP contribution in [0.2, 0.25) is 0 Å². The number of hydrogen-bond acceptors (Lipinski definition) is 4. The molecule has 1 heterocycles. The summed E-state index contributed by atoms with van der Waals surface area (Å²) in [6.45, 7) is 0. The van der Waals surface area contributed by atoms with Gasteiger partial charge in [0, 0.05) is 6.07 Å². The maximum atomic E-state index is 12.5. The summed E-state index contributed by atoms with van der Waals surface area (Å²) in [5.41, 5.74) is -6.44. The molecule has 104 valence electrons. The van der Waals surface area contributed by atoms with Crippen LogP contribution in [0, 0.1) is 10.1 Å². The van der Waals surface area contributed by atoms with Gasteiger partial charge in [-0.2, -0.15) is 13.2 Å². The van der Waals surface area contributed by atoms with Crippen LogP contribution in [0.25, 0.3) is 0 Å². The average molecular weight is 305 g/mol. The zero-order chi connectivity index (χ0) is 15.0. The molecule has 5 nitrogen and oxygen atoms in total. The number of nitro groups is 1. The predicted molar refractivity (Wildman–Crippen MR) is 51.0 cm³/mol. The van der Waals surface area contributed by atoms with E-state index in [-0.39, 0.29) is 6.07 Å². The second kappa shape index (κ2) is 5.03. The third-order valence-corrected chi connectivity index (χ3v) is 2.12. The molecule has 0 fully saturated rings. The fourth-order valence-electron chi connectivity index (χ4n) is 1.19. The lowest BCUT2D eigenvalue weighted by Crippen LogP contribution is -2.15. The van der Waals surface area contributed by atoms with Crippen molar-refractivity contribution in [3.05, 3.63) is 33.1 Å². The van der Waals surface area contributed by atoms with Crippen LogP contribution in [0.5, 0.6) is 0 Å². The van der Waals surface area contributed by atoms with Crippen LogP contribution in [-0.4, -0.2) is 15.1 Å². The third kappa shape index (κ3) is 3.13. The van der Waals surface area contributed by atoms with Crippen molar-refractivity contribution in [2.45, 2.75) is 12.6 Å². The molecule has 0 atom stereocenters. The Bertz CT molecular complexity index is 546. The summed E-state index contributed by atoms with van der Waals surface area (Å²) in [6, 6.07) is 0.0344. The van der Waals surface area contributed by atoms with Gasteiger partial charge < -0.3 is 0 Å². The standard InChI is InChI=1S/C8H2ClF5N2O3/c9-6(17)2-1-3(16(18)19)5(8(12,13)14)15-4(2)7(10)11/h1,7H. The van der Waals surface area contributed by atoms with Crippen molar-refractivity contribution in [3.8, 4) is 0 Å². The largest absolute Gasteiger partial charge is 0.440 e. The van der Waals surface area contributed by atoms with Crippen molar-refractivity contribution in [3.63, 3.8) is 0 Å². The summed E-state index contributed by atoms with van der Waals surface area (Å²) in [5.74, 6) is 0. The minimum atomic E-state index is -5.32. The molecule has 0 N–H and O–H groups in total. The number of rotatable bonds is 3. The lowest BCUT2D eigenvalue weighted by Gasteiger charge is -2.10. The minimum absolute atomic E-state index is 0.0344. The van der Waals surface area contributed by atoms with Crippen LogP contribution in [0.3, 0.4) is 0 Å². The first-order chi connectivity index (χ1) is 8.55. The van der Waals surface area contributed by atoms with E-state index in [9.17, 15) is 36.9 Å². The minimum Gasteiger partial charge on any atom is -0.276 e. The van der Waals surface area contributed by atoms with Crippen LogP contribution in [0.1, 0.15) is 28.2 Å². The first-order valence-electron chi connectivity index (χ1n) is 4.30. The Hall–Kier alpha value is -1.84. The Balaban J connectivity index is 3.70. The van der Waals surface area contributed by atoms with Gasteiger partial charge in [-0.15, -0.1) is 0 Å². The quantitative estimate of drug-likeness (QED) is 0.371. The number of carbonyl (C=O) groups excluding carboxylic acids is 1. The van der Waals surface area contributed by atoms with Gasteiger partial charge in [0.25, 0.3) is 11.7 Å². The normalized spacial score (nSPS) is 11.7. The maximum Gasteiger partial charge on any atom is 0.440 e. The highest BCUT2D eigenvalue weighted by atomic mass is 35.5. The molecule has 0 aliphatic rings. The molecule has 0 aliphatic heterocycles. The van der Waals surface area contributed by atoms with E-state index in [2.05, 4.69) is 4.98 Å². The molecule has 1 aromatic heterocycles. The van der Waals surface area contributed by atoms with Crippen molar-refractivity contribution in [2.24, 2.45) is 0 Å². The van der Waals surface area contributed by atoms with E-state index >= 15 is 0 Å². The summed E-state index contributed by atoms with van der Waals surface area (Å²) >= 11 is 4.88. The monoisotopic (exact) mass is 304 g/mol. The second-order valence-corrected chi connectivity index (χ2v) is 3.46. The maximum absolute atomic E-state index is 12.5. The van der Waals surface area contributed by atoms with Gasteiger partial charge in [-0.05, 0) is 11.6 Å². The van der Waals surface area contributed by atoms with Gasteiger partial charge in [0.1, 0.15) is 5.69 Å². The topological polar surface area (TPSA) is 73.1 Å². The number of aromatic nitrogens is 1. The number of alkyl halides is 5. The van der Waals surface area contributed by atoms with E-state index in [1.165, 1.54) is 0 Å². The van der Waals surface area contributed by atoms with Crippen molar-refractivity contribution in [1.29, 1.82) is 0 Å². The van der Waals surface area contributed by atoms with E-state index in [0.29, 0.717) is 0 Å². The van der Waals surface area contributed by atoms with Crippen molar-refractivity contribution >= 4 is 22.5 Å². The number of carbonyl (C=O) groups is 1. The van der Waals surface area contributed by atoms with Crippen LogP contribution in [-0.2, 0) is 6.18 Å². The Morgan fingerprint density at radius 2 is 1.95 bits per heavy atom. The SMILES string of the molecule is O=C(Cl)c1cc([N+](=O)[O-])c(C(F)(F)F)nc1C(F)F. The Kier molecular flexibility index (Phi) is 4.03. The Morgan fingerprint density at radius 3 is 2.26 bits per heavy atom. The van der Waals surface area contributed by atoms with E-state index < -0.39 is 45.4 Å². The van der Waals surface area contributed by atoms with E-state index in [1.54, 1.807) is 0 Å². The zero-order valence-corrected chi connectivity index (χ0v) is 9.30. The third-order valence-electron chi connectivity index (χ3n) is 1.92. The Morgan fingerprint density at radius 1 is 1.42 bits per heavy atom. The number of hydrogen-bond donors (Lipinski definition) is 0. The number of halogens is 6. The van der Waals surface area contributed by atoms with E-state index in [4.69, 9.17) is 11.6 Å². The zero-order valence-electron chi connectivity index (χ0n) is 8.54. The van der Waals surface area contributed by atoms with Gasteiger partial charge in [0.15, 0.2) is 0 Å². The molecule has 0 saturated carbocycles. The smallest absolute Gasteiger partial charge is 0.276 e. The van der Waals surface area contributed by atoms with Crippen LogP contribution in [0.15, 0.2) is 6.07 Å². The Labute approximate surface area is 106 Å². The van der Waals surface area contributed by atoms with Crippen LogP contribution < -0.4 is 0 Å². The first-order valence-corrected chi connectivity index (χ1v) is 4.68. The molecule has 0 radical (unpaired) electrons. The highest BCUT2D eigenvalue weighted by Crippen LogP contribution is 2.37. The van der Waals surface area contributed by atoms with Crippen LogP contribution in [0.4, 0.5) is 27.6 Å². The lowest BCUT2D eigenvalue weighted by molar-refractivity contribution is -0.388. The molecule has 0 saturated heterocycles. The molecule has 11 heteroatoms. The van der Waals surface area contributed by atoms with E-state index in [1.807, 2.05) is 0 Å². The van der Waals surface area contributed by atoms with Gasteiger partial charge in [-0.25, -0.2) is 13.8 Å². The fraction of sp³-hybridized carbons (Fsp3) is 0.250. The predicted octanol–water partition coefficient (Wildman–Crippen LogP) is 3.33. The molecule has 0 amide bonds. The molecule has 1 rings (SSSR count). The average Bonchev–Trinajstić information content (AvgIpc) is 2.25. The molecule has 0 aromatic carbocycles. The molecule has 0 spiro atoms. The highest BCUT2D eigenvalue weighted by Gasteiger charge is 2.42. The first kappa shape index (κ1) is 15.2. The van der Waals surface area contributed by atoms with Gasteiger partial charge in [0.05, 0.1) is 10.5 Å². The summed E-state index contributed by atoms with van der Waals surface area (Å²) in [4.78, 5) is 22.2. The molecule has 0 bridgehead atoms. The molecule has 0 unspecified atom stereocenters. The number of pyridine rings is 1. The van der Waals surface area contributed by atoms with Crippen molar-refractivity contribution in [1.82, 2.24) is 4.98 Å². The second-order valence-electron chi connectivity index (χ2n) is 3.12. The highest BCUT2D eigenvalue weighted by molar-refractivity contribution is 6.67. The summed E-state index contributed by atoms with van der Waals surface area (Å²) < 4.78 is 62.3. The lowest BCUT2D eigenvalue weighted by atomic mass is 10.1. The molecule has 0 aliphatic carbocycles. The van der Waals surface area contributed by atoms with Gasteiger partial charge in [0.2, 0.25) is 5.69 Å². The van der Waals surface area contributed by atoms with Gasteiger partial charge in [-0.3, -0.25) is 14.9 Å². The van der Waals surface area contributed by atoms with Gasteiger partial charge in [-0.1, -0.05) is 0 Å². The van der Waals surface area contributed by atoms with Gasteiger partial charge >= 0.3 is 11.9 Å². The molecule has 1 aromatic rings. The van der Waals surface area contributed by atoms with Crippen molar-refractivity contribution in [2.75, 3.05) is 0 Å². The van der Waals surface area contributed by atoms with E-state index in [0.717, 1.165) is 0 Å². The molecule has 19 heavy (non-hydrogen) atoms. The molecular weight excluding hydrogens is 303 g/mol. The van der Waals surface area contributed by atoms with Crippen molar-refractivity contribution < 1.29 is 31.7 Å². The fourth-order valence-corrected chi connectivity index (χ4v) is 1.34.